The Labute approximate surface area is 200 Å². The number of methoxy groups -OCH3 is 1. The number of anilines is 1. The van der Waals surface area contributed by atoms with E-state index >= 15 is 0 Å². The van der Waals surface area contributed by atoms with E-state index in [-0.39, 0.29) is 6.04 Å². The highest BCUT2D eigenvalue weighted by Gasteiger charge is 2.15. The van der Waals surface area contributed by atoms with Gasteiger partial charge in [-0.3, -0.25) is 0 Å². The Kier molecular flexibility index (Phi) is 14.9. The summed E-state index contributed by atoms with van der Waals surface area (Å²) in [6.45, 7) is 19.9. The third kappa shape index (κ3) is 9.08. The molecule has 182 valence electrons. The summed E-state index contributed by atoms with van der Waals surface area (Å²) in [7, 11) is 1.60. The molecule has 2 aromatic rings. The topological polar surface area (TPSA) is 80.1 Å². The van der Waals surface area contributed by atoms with E-state index in [2.05, 4.69) is 28.8 Å². The number of unbranched alkanes of at least 4 members (excludes halogenated alkanes) is 1. The summed E-state index contributed by atoms with van der Waals surface area (Å²) in [5.74, 6) is 2.61. The maximum atomic E-state index is 8.39. The molecule has 2 rings (SSSR count). The molecule has 0 spiro atoms. The quantitative estimate of drug-likeness (QED) is 0.284. The van der Waals surface area contributed by atoms with Gasteiger partial charge in [0.05, 0.1) is 24.6 Å². The fourth-order valence-electron chi connectivity index (χ4n) is 2.67. The molecule has 0 radical (unpaired) electrons. The summed E-state index contributed by atoms with van der Waals surface area (Å²) in [5, 5.41) is 12.5. The van der Waals surface area contributed by atoms with Crippen molar-refractivity contribution in [2.24, 2.45) is 0 Å². The van der Waals surface area contributed by atoms with Gasteiger partial charge in [-0.25, -0.2) is 9.97 Å². The number of fused-ring (bicyclic) bond motifs is 1. The smallest absolute Gasteiger partial charge is 0.145 e. The molecule has 1 unspecified atom stereocenters. The first-order chi connectivity index (χ1) is 15.9. The average Bonchev–Trinajstić information content (AvgIpc) is 2.85. The zero-order chi connectivity index (χ0) is 25.4. The first-order valence-corrected chi connectivity index (χ1v) is 11.8. The number of hydrogen-bond donors (Lipinski definition) is 2. The van der Waals surface area contributed by atoms with Crippen LogP contribution in [0.3, 0.4) is 0 Å². The van der Waals surface area contributed by atoms with Crippen LogP contribution in [0.5, 0.6) is 5.75 Å². The second kappa shape index (κ2) is 16.5. The average molecular weight is 455 g/mol. The van der Waals surface area contributed by atoms with Crippen LogP contribution in [0.4, 0.5) is 5.82 Å². The van der Waals surface area contributed by atoms with Gasteiger partial charge < -0.3 is 20.2 Å². The highest BCUT2D eigenvalue weighted by atomic mass is 16.5. The fourth-order valence-corrected chi connectivity index (χ4v) is 2.67. The number of aromatic nitrogens is 2. The van der Waals surface area contributed by atoms with E-state index in [1.54, 1.807) is 7.11 Å². The Hall–Kier alpha value is -3.15. The van der Waals surface area contributed by atoms with Crippen LogP contribution in [0.1, 0.15) is 73.8 Å². The van der Waals surface area contributed by atoms with Gasteiger partial charge in [0.2, 0.25) is 0 Å². The minimum Gasteiger partial charge on any atom is -0.494 e. The van der Waals surface area contributed by atoms with E-state index in [1.165, 1.54) is 6.33 Å². The largest absolute Gasteiger partial charge is 0.494 e. The summed E-state index contributed by atoms with van der Waals surface area (Å²) < 4.78 is 11.2. The lowest BCUT2D eigenvalue weighted by molar-refractivity contribution is 0.289. The zero-order valence-corrected chi connectivity index (χ0v) is 21.9. The van der Waals surface area contributed by atoms with Crippen LogP contribution in [-0.4, -0.2) is 28.8 Å². The van der Waals surface area contributed by atoms with Crippen molar-refractivity contribution < 1.29 is 9.47 Å². The van der Waals surface area contributed by atoms with Crippen molar-refractivity contribution in [3.63, 3.8) is 0 Å². The van der Waals surface area contributed by atoms with E-state index in [0.29, 0.717) is 28.6 Å². The molecule has 0 aliphatic carbocycles. The molecule has 0 amide bonds. The Morgan fingerprint density at radius 1 is 1.21 bits per heavy atom. The maximum absolute atomic E-state index is 8.39. The molecule has 1 aromatic heterocycles. The molecule has 1 atom stereocenters. The maximum Gasteiger partial charge on any atom is 0.145 e. The molecule has 0 bridgehead atoms. The predicted octanol–water partition coefficient (Wildman–Crippen LogP) is 7.67. The SMILES string of the molecule is C=C(O/C(C)=C\C)C(C)Nc1ncnc2c(OC)cc(C(=N)/C=C\CCC)cc12.CC.CC. The van der Waals surface area contributed by atoms with Crippen molar-refractivity contribution in [1.82, 2.24) is 9.97 Å². The first-order valence-electron chi connectivity index (χ1n) is 11.8. The van der Waals surface area contributed by atoms with E-state index < -0.39 is 0 Å². The van der Waals surface area contributed by atoms with Crippen LogP contribution in [-0.2, 0) is 4.74 Å². The third-order valence-corrected chi connectivity index (χ3v) is 4.51. The fraction of sp³-hybridized carbons (Fsp3) is 0.444. The summed E-state index contributed by atoms with van der Waals surface area (Å²) in [6, 6.07) is 3.56. The van der Waals surface area contributed by atoms with Gasteiger partial charge in [0.25, 0.3) is 0 Å². The Balaban J connectivity index is 0.00000242. The third-order valence-electron chi connectivity index (χ3n) is 4.51. The molecule has 0 fully saturated rings. The molecular weight excluding hydrogens is 412 g/mol. The minimum absolute atomic E-state index is 0.179. The van der Waals surface area contributed by atoms with Crippen LogP contribution >= 0.6 is 0 Å². The molecule has 0 saturated carbocycles. The second-order valence-corrected chi connectivity index (χ2v) is 6.74. The van der Waals surface area contributed by atoms with Crippen LogP contribution in [0, 0.1) is 5.41 Å². The second-order valence-electron chi connectivity index (χ2n) is 6.74. The highest BCUT2D eigenvalue weighted by Crippen LogP contribution is 2.30. The van der Waals surface area contributed by atoms with Crippen molar-refractivity contribution in [3.8, 4) is 5.75 Å². The van der Waals surface area contributed by atoms with E-state index in [4.69, 9.17) is 14.9 Å². The number of rotatable bonds is 10. The molecular formula is C27H42N4O2. The van der Waals surface area contributed by atoms with Gasteiger partial charge in [-0.05, 0) is 51.5 Å². The van der Waals surface area contributed by atoms with Crippen molar-refractivity contribution in [1.29, 1.82) is 5.41 Å². The lowest BCUT2D eigenvalue weighted by Crippen LogP contribution is -2.20. The monoisotopic (exact) mass is 454 g/mol. The Morgan fingerprint density at radius 3 is 2.45 bits per heavy atom. The van der Waals surface area contributed by atoms with Gasteiger partial charge in [-0.15, -0.1) is 0 Å². The number of allylic oxidation sites excluding steroid dienone is 4. The molecule has 1 aromatic carbocycles. The normalized spacial score (nSPS) is 11.6. The van der Waals surface area contributed by atoms with Crippen LogP contribution in [0.15, 0.2) is 54.8 Å². The van der Waals surface area contributed by atoms with E-state index in [9.17, 15) is 0 Å². The van der Waals surface area contributed by atoms with Gasteiger partial charge in [0.15, 0.2) is 0 Å². The van der Waals surface area contributed by atoms with Gasteiger partial charge >= 0.3 is 0 Å². The Bertz CT molecular complexity index is 949. The molecule has 6 heteroatoms. The summed E-state index contributed by atoms with van der Waals surface area (Å²) in [6.07, 6.45) is 9.18. The summed E-state index contributed by atoms with van der Waals surface area (Å²) in [5.41, 5.74) is 1.84. The van der Waals surface area contributed by atoms with Crippen molar-refractivity contribution >= 4 is 22.4 Å². The molecule has 0 aliphatic rings. The minimum atomic E-state index is -0.179. The van der Waals surface area contributed by atoms with Gasteiger partial charge in [-0.2, -0.15) is 0 Å². The summed E-state index contributed by atoms with van der Waals surface area (Å²) in [4.78, 5) is 8.78. The lowest BCUT2D eigenvalue weighted by Gasteiger charge is -2.19. The number of nitrogens with zero attached hydrogens (tertiary/aromatic N) is 2. The van der Waals surface area contributed by atoms with Crippen molar-refractivity contribution in [2.45, 2.75) is 74.3 Å². The van der Waals surface area contributed by atoms with Crippen molar-refractivity contribution in [3.05, 3.63) is 60.3 Å². The molecule has 33 heavy (non-hydrogen) atoms. The van der Waals surface area contributed by atoms with Gasteiger partial charge in [-0.1, -0.05) is 53.7 Å². The van der Waals surface area contributed by atoms with Crippen LogP contribution in [0.2, 0.25) is 0 Å². The molecule has 2 N–H and O–H groups in total. The lowest BCUT2D eigenvalue weighted by atomic mass is 10.0. The number of hydrogen-bond acceptors (Lipinski definition) is 6. The molecule has 1 heterocycles. The van der Waals surface area contributed by atoms with Crippen molar-refractivity contribution in [2.75, 3.05) is 12.4 Å². The molecule has 0 saturated heterocycles. The van der Waals surface area contributed by atoms with Crippen LogP contribution < -0.4 is 10.1 Å². The molecule has 0 aliphatic heterocycles. The Morgan fingerprint density at radius 2 is 1.88 bits per heavy atom. The zero-order valence-electron chi connectivity index (χ0n) is 21.9. The predicted molar refractivity (Wildman–Crippen MR) is 142 cm³/mol. The number of nitrogens with one attached hydrogen (secondary N) is 2. The van der Waals surface area contributed by atoms with E-state index in [0.717, 1.165) is 29.6 Å². The summed E-state index contributed by atoms with van der Waals surface area (Å²) >= 11 is 0. The highest BCUT2D eigenvalue weighted by molar-refractivity contribution is 6.10. The number of ether oxygens (including phenoxy) is 2. The van der Waals surface area contributed by atoms with Crippen LogP contribution in [0.25, 0.3) is 10.9 Å². The van der Waals surface area contributed by atoms with E-state index in [1.807, 2.05) is 78.8 Å². The van der Waals surface area contributed by atoms with Gasteiger partial charge in [0, 0.05) is 10.9 Å². The molecule has 6 nitrogen and oxygen atoms in total. The number of benzene rings is 1. The first kappa shape index (κ1) is 29.9. The van der Waals surface area contributed by atoms with Gasteiger partial charge in [0.1, 0.15) is 29.2 Å². The standard InChI is InChI=1S/C23H30N4O2.2C2H6/c1-7-9-10-11-20(24)18-12-19-22(21(13-18)28-6)25-14-26-23(19)27-16(4)17(5)29-15(3)8-2;2*1-2/h8,10-14,16,24H,5,7,9H2,1-4,6H3,(H,25,26,27);2*1-2H3/b11-10-,15-8-,24-20?;;.